The summed E-state index contributed by atoms with van der Waals surface area (Å²) in [5, 5.41) is 10.2. The molecule has 0 amide bonds. The molecule has 1 heterocycles. The van der Waals surface area contributed by atoms with Crippen LogP contribution >= 0.6 is 11.8 Å². The van der Waals surface area contributed by atoms with Gasteiger partial charge in [-0.1, -0.05) is 31.0 Å². The molecule has 3 nitrogen and oxygen atoms in total. The predicted octanol–water partition coefficient (Wildman–Crippen LogP) is 3.93. The van der Waals surface area contributed by atoms with E-state index in [1.54, 1.807) is 0 Å². The number of rotatable bonds is 5. The molecule has 1 aromatic heterocycles. The van der Waals surface area contributed by atoms with E-state index < -0.39 is 0 Å². The van der Waals surface area contributed by atoms with Gasteiger partial charge in [-0.05, 0) is 38.9 Å². The summed E-state index contributed by atoms with van der Waals surface area (Å²) in [6.07, 6.45) is 5.42. The fourth-order valence-corrected chi connectivity index (χ4v) is 4.44. The molecular formula is C17H23N3S. The minimum atomic E-state index is 0.749. The molecule has 1 aromatic carbocycles. The second kappa shape index (κ2) is 6.67. The number of benzene rings is 1. The summed E-state index contributed by atoms with van der Waals surface area (Å²) in [6.45, 7) is 3.00. The number of thioether (sulfide) groups is 1. The van der Waals surface area contributed by atoms with Crippen molar-refractivity contribution in [3.8, 4) is 5.69 Å². The first kappa shape index (κ1) is 14.7. The Balaban J connectivity index is 1.99. The molecule has 112 valence electrons. The molecule has 1 saturated carbocycles. The number of hydrogen-bond donors (Lipinski definition) is 1. The molecule has 1 N–H and O–H groups in total. The summed E-state index contributed by atoms with van der Waals surface area (Å²) in [7, 11) is 2.00. The van der Waals surface area contributed by atoms with Crippen LogP contribution in [0.25, 0.3) is 5.69 Å². The Morgan fingerprint density at radius 3 is 2.62 bits per heavy atom. The monoisotopic (exact) mass is 301 g/mol. The second-order valence-electron chi connectivity index (χ2n) is 5.67. The number of nitrogens with one attached hydrogen (secondary N) is 1. The van der Waals surface area contributed by atoms with Crippen LogP contribution in [-0.2, 0) is 6.54 Å². The smallest absolute Gasteiger partial charge is 0.105 e. The number of hydrogen-bond acceptors (Lipinski definition) is 3. The van der Waals surface area contributed by atoms with E-state index in [4.69, 9.17) is 5.10 Å². The maximum Gasteiger partial charge on any atom is 0.105 e. The quantitative estimate of drug-likeness (QED) is 0.907. The van der Waals surface area contributed by atoms with Crippen LogP contribution in [0, 0.1) is 6.92 Å². The molecule has 0 spiro atoms. The summed E-state index contributed by atoms with van der Waals surface area (Å²) < 4.78 is 2.13. The van der Waals surface area contributed by atoms with Gasteiger partial charge in [0.2, 0.25) is 0 Å². The first-order valence-corrected chi connectivity index (χ1v) is 8.62. The van der Waals surface area contributed by atoms with Crippen LogP contribution in [-0.4, -0.2) is 22.1 Å². The van der Waals surface area contributed by atoms with Crippen molar-refractivity contribution in [2.75, 3.05) is 7.05 Å². The van der Waals surface area contributed by atoms with Gasteiger partial charge in [0.25, 0.3) is 0 Å². The molecule has 0 saturated heterocycles. The molecular weight excluding hydrogens is 278 g/mol. The van der Waals surface area contributed by atoms with Crippen LogP contribution in [0.2, 0.25) is 0 Å². The van der Waals surface area contributed by atoms with Crippen molar-refractivity contribution < 1.29 is 0 Å². The second-order valence-corrected chi connectivity index (χ2v) is 6.96. The highest BCUT2D eigenvalue weighted by Crippen LogP contribution is 2.38. The highest BCUT2D eigenvalue weighted by Gasteiger charge is 2.23. The van der Waals surface area contributed by atoms with Crippen LogP contribution in [0.15, 0.2) is 35.4 Å². The molecule has 1 aliphatic carbocycles. The Bertz CT molecular complexity index is 586. The van der Waals surface area contributed by atoms with E-state index in [2.05, 4.69) is 47.3 Å². The fourth-order valence-electron chi connectivity index (χ4n) is 2.95. The van der Waals surface area contributed by atoms with Gasteiger partial charge in [-0.2, -0.15) is 5.10 Å². The molecule has 2 aromatic rings. The zero-order valence-corrected chi connectivity index (χ0v) is 13.6. The van der Waals surface area contributed by atoms with Gasteiger partial charge in [0.15, 0.2) is 0 Å². The third-order valence-corrected chi connectivity index (χ3v) is 5.52. The van der Waals surface area contributed by atoms with Crippen molar-refractivity contribution >= 4 is 11.8 Å². The van der Waals surface area contributed by atoms with E-state index in [0.29, 0.717) is 0 Å². The SMILES string of the molecule is CNCc1c(C)nn(-c2ccccc2)c1SC1CCCC1. The average Bonchev–Trinajstić information content (AvgIpc) is 3.12. The van der Waals surface area contributed by atoms with Crippen LogP contribution in [0.1, 0.15) is 36.9 Å². The third kappa shape index (κ3) is 3.16. The van der Waals surface area contributed by atoms with Gasteiger partial charge in [0, 0.05) is 17.4 Å². The molecule has 0 atom stereocenters. The first-order valence-electron chi connectivity index (χ1n) is 7.74. The molecule has 21 heavy (non-hydrogen) atoms. The standard InChI is InChI=1S/C17H23N3S/c1-13-16(12-18-2)17(21-15-10-6-7-11-15)20(19-13)14-8-4-3-5-9-14/h3-5,8-9,15,18H,6-7,10-12H2,1-2H3. The molecule has 3 rings (SSSR count). The van der Waals surface area contributed by atoms with Gasteiger partial charge in [-0.3, -0.25) is 0 Å². The van der Waals surface area contributed by atoms with Gasteiger partial charge in [-0.15, -0.1) is 11.8 Å². The lowest BCUT2D eigenvalue weighted by Gasteiger charge is -2.13. The summed E-state index contributed by atoms with van der Waals surface area (Å²) in [4.78, 5) is 0. The zero-order chi connectivity index (χ0) is 14.7. The predicted molar refractivity (Wildman–Crippen MR) is 89.2 cm³/mol. The van der Waals surface area contributed by atoms with Crippen molar-refractivity contribution in [2.24, 2.45) is 0 Å². The summed E-state index contributed by atoms with van der Waals surface area (Å²) in [6, 6.07) is 10.5. The van der Waals surface area contributed by atoms with Crippen molar-refractivity contribution in [3.05, 3.63) is 41.6 Å². The number of aromatic nitrogens is 2. The summed E-state index contributed by atoms with van der Waals surface area (Å²) >= 11 is 2.02. The van der Waals surface area contributed by atoms with E-state index in [0.717, 1.165) is 23.2 Å². The average molecular weight is 301 g/mol. The lowest BCUT2D eigenvalue weighted by molar-refractivity contribution is 0.761. The Kier molecular flexibility index (Phi) is 4.66. The van der Waals surface area contributed by atoms with E-state index in [1.165, 1.54) is 36.3 Å². The largest absolute Gasteiger partial charge is 0.316 e. The van der Waals surface area contributed by atoms with Crippen molar-refractivity contribution in [2.45, 2.75) is 49.4 Å². The maximum absolute atomic E-state index is 4.80. The highest BCUT2D eigenvalue weighted by molar-refractivity contribution is 7.99. The van der Waals surface area contributed by atoms with Crippen molar-refractivity contribution in [1.82, 2.24) is 15.1 Å². The highest BCUT2D eigenvalue weighted by atomic mass is 32.2. The Morgan fingerprint density at radius 2 is 1.95 bits per heavy atom. The molecule has 1 fully saturated rings. The molecule has 0 bridgehead atoms. The number of para-hydroxylation sites is 1. The van der Waals surface area contributed by atoms with Gasteiger partial charge < -0.3 is 5.32 Å². The van der Waals surface area contributed by atoms with Crippen molar-refractivity contribution in [1.29, 1.82) is 0 Å². The maximum atomic E-state index is 4.80. The normalized spacial score (nSPS) is 15.7. The van der Waals surface area contributed by atoms with Gasteiger partial charge in [0.05, 0.1) is 11.4 Å². The lowest BCUT2D eigenvalue weighted by Crippen LogP contribution is -2.08. The minimum absolute atomic E-state index is 0.749. The van der Waals surface area contributed by atoms with Crippen molar-refractivity contribution in [3.63, 3.8) is 0 Å². The third-order valence-electron chi connectivity index (χ3n) is 4.07. The molecule has 0 aliphatic heterocycles. The number of aryl methyl sites for hydroxylation is 1. The van der Waals surface area contributed by atoms with E-state index in [-0.39, 0.29) is 0 Å². The fraction of sp³-hybridized carbons (Fsp3) is 0.471. The van der Waals surface area contributed by atoms with E-state index in [9.17, 15) is 0 Å². The lowest BCUT2D eigenvalue weighted by atomic mass is 10.2. The Labute approximate surface area is 131 Å². The Morgan fingerprint density at radius 1 is 1.24 bits per heavy atom. The molecule has 0 unspecified atom stereocenters. The van der Waals surface area contributed by atoms with Crippen LogP contribution < -0.4 is 5.32 Å². The summed E-state index contributed by atoms with van der Waals surface area (Å²) in [5.41, 5.74) is 3.63. The molecule has 0 radical (unpaired) electrons. The first-order chi connectivity index (χ1) is 10.3. The van der Waals surface area contributed by atoms with Crippen LogP contribution in [0.4, 0.5) is 0 Å². The molecule has 4 heteroatoms. The number of nitrogens with zero attached hydrogens (tertiary/aromatic N) is 2. The van der Waals surface area contributed by atoms with Crippen LogP contribution in [0.5, 0.6) is 0 Å². The molecule has 1 aliphatic rings. The van der Waals surface area contributed by atoms with Gasteiger partial charge >= 0.3 is 0 Å². The van der Waals surface area contributed by atoms with Gasteiger partial charge in [-0.25, -0.2) is 4.68 Å². The van der Waals surface area contributed by atoms with E-state index >= 15 is 0 Å². The minimum Gasteiger partial charge on any atom is -0.316 e. The topological polar surface area (TPSA) is 29.9 Å². The Hall–Kier alpha value is -1.26. The van der Waals surface area contributed by atoms with Crippen LogP contribution in [0.3, 0.4) is 0 Å². The summed E-state index contributed by atoms with van der Waals surface area (Å²) in [5.74, 6) is 0. The van der Waals surface area contributed by atoms with E-state index in [1.807, 2.05) is 18.8 Å². The van der Waals surface area contributed by atoms with Gasteiger partial charge in [0.1, 0.15) is 5.03 Å². The zero-order valence-electron chi connectivity index (χ0n) is 12.8.